The van der Waals surface area contributed by atoms with E-state index in [1.807, 2.05) is 0 Å². The molecule has 19 heavy (non-hydrogen) atoms. The molecule has 3 aromatic rings. The number of anilines is 1. The monoisotopic (exact) mass is 312 g/mol. The second-order valence-corrected chi connectivity index (χ2v) is 5.56. The van der Waals surface area contributed by atoms with Gasteiger partial charge in [0, 0.05) is 15.8 Å². The van der Waals surface area contributed by atoms with Gasteiger partial charge in [-0.3, -0.25) is 0 Å². The van der Waals surface area contributed by atoms with Gasteiger partial charge in [-0.2, -0.15) is 0 Å². The standard InChI is InChI=1S/C12H6Cl2N2O2S/c13-6-1-5-2-7(9-4-19-12(15)16-9)11(17)18-10(5)8(14)3-6/h1-4H,(H2,15,16). The molecule has 0 radical (unpaired) electrons. The number of fused-ring (bicyclic) bond motifs is 1. The molecule has 0 amide bonds. The topological polar surface area (TPSA) is 69.1 Å². The first-order valence-corrected chi connectivity index (χ1v) is 6.82. The molecular formula is C12H6Cl2N2O2S. The average molecular weight is 313 g/mol. The number of hydrogen-bond donors (Lipinski definition) is 1. The Kier molecular flexibility index (Phi) is 2.97. The van der Waals surface area contributed by atoms with Crippen molar-refractivity contribution < 1.29 is 4.42 Å². The summed E-state index contributed by atoms with van der Waals surface area (Å²) in [6.45, 7) is 0. The summed E-state index contributed by atoms with van der Waals surface area (Å²) in [7, 11) is 0. The molecule has 7 heteroatoms. The molecule has 0 bridgehead atoms. The van der Waals surface area contributed by atoms with Crippen molar-refractivity contribution in [2.75, 3.05) is 5.73 Å². The predicted octanol–water partition coefficient (Wildman–Crippen LogP) is 3.81. The molecule has 0 aliphatic rings. The summed E-state index contributed by atoms with van der Waals surface area (Å²) in [6, 6.07) is 4.84. The highest BCUT2D eigenvalue weighted by molar-refractivity contribution is 7.13. The molecular weight excluding hydrogens is 307 g/mol. The van der Waals surface area contributed by atoms with Crippen molar-refractivity contribution in [2.24, 2.45) is 0 Å². The molecule has 0 atom stereocenters. The van der Waals surface area contributed by atoms with Gasteiger partial charge in [-0.15, -0.1) is 11.3 Å². The van der Waals surface area contributed by atoms with Crippen LogP contribution in [0.15, 0.2) is 32.8 Å². The zero-order chi connectivity index (χ0) is 13.6. The number of benzene rings is 1. The first-order chi connectivity index (χ1) is 9.04. The lowest BCUT2D eigenvalue weighted by molar-refractivity contribution is 0.563. The van der Waals surface area contributed by atoms with Gasteiger partial charge in [-0.05, 0) is 18.2 Å². The Balaban J connectivity index is 2.33. The van der Waals surface area contributed by atoms with Crippen molar-refractivity contribution in [2.45, 2.75) is 0 Å². The van der Waals surface area contributed by atoms with Crippen LogP contribution in [0.25, 0.3) is 22.2 Å². The summed E-state index contributed by atoms with van der Waals surface area (Å²) >= 11 is 13.2. The first-order valence-electron chi connectivity index (χ1n) is 5.19. The van der Waals surface area contributed by atoms with E-state index in [9.17, 15) is 4.79 Å². The van der Waals surface area contributed by atoms with E-state index in [1.54, 1.807) is 17.5 Å². The van der Waals surface area contributed by atoms with Gasteiger partial charge in [-0.1, -0.05) is 23.2 Å². The van der Waals surface area contributed by atoms with E-state index in [0.717, 1.165) is 0 Å². The van der Waals surface area contributed by atoms with Gasteiger partial charge in [-0.25, -0.2) is 9.78 Å². The Morgan fingerprint density at radius 3 is 2.74 bits per heavy atom. The fourth-order valence-corrected chi connectivity index (χ4v) is 2.86. The quantitative estimate of drug-likeness (QED) is 0.694. The molecule has 4 nitrogen and oxygen atoms in total. The van der Waals surface area contributed by atoms with Crippen molar-refractivity contribution >= 4 is 50.6 Å². The van der Waals surface area contributed by atoms with Crippen molar-refractivity contribution in [1.82, 2.24) is 4.98 Å². The summed E-state index contributed by atoms with van der Waals surface area (Å²) in [5.74, 6) is 0. The van der Waals surface area contributed by atoms with Crippen LogP contribution in [0.3, 0.4) is 0 Å². The van der Waals surface area contributed by atoms with E-state index in [1.165, 1.54) is 17.4 Å². The number of rotatable bonds is 1. The molecule has 0 fully saturated rings. The van der Waals surface area contributed by atoms with E-state index in [-0.39, 0.29) is 0 Å². The summed E-state index contributed by atoms with van der Waals surface area (Å²) < 4.78 is 5.22. The largest absolute Gasteiger partial charge is 0.421 e. The predicted molar refractivity (Wildman–Crippen MR) is 78.0 cm³/mol. The first kappa shape index (κ1) is 12.5. The van der Waals surface area contributed by atoms with Crippen LogP contribution < -0.4 is 11.4 Å². The van der Waals surface area contributed by atoms with Crippen molar-refractivity contribution in [1.29, 1.82) is 0 Å². The lowest BCUT2D eigenvalue weighted by Crippen LogP contribution is -2.03. The highest BCUT2D eigenvalue weighted by Gasteiger charge is 2.13. The van der Waals surface area contributed by atoms with Crippen LogP contribution in [0.2, 0.25) is 10.0 Å². The van der Waals surface area contributed by atoms with Crippen molar-refractivity contribution in [3.8, 4) is 11.3 Å². The smallest absolute Gasteiger partial charge is 0.345 e. The second-order valence-electron chi connectivity index (χ2n) is 3.82. The number of aromatic nitrogens is 1. The normalized spacial score (nSPS) is 11.1. The second kappa shape index (κ2) is 4.52. The average Bonchev–Trinajstić information content (AvgIpc) is 2.76. The van der Waals surface area contributed by atoms with Crippen LogP contribution >= 0.6 is 34.5 Å². The van der Waals surface area contributed by atoms with E-state index < -0.39 is 5.63 Å². The van der Waals surface area contributed by atoms with Gasteiger partial charge in [0.15, 0.2) is 10.7 Å². The number of thiazole rings is 1. The van der Waals surface area contributed by atoms with Crippen molar-refractivity contribution in [3.63, 3.8) is 0 Å². The fourth-order valence-electron chi connectivity index (χ4n) is 1.75. The third kappa shape index (κ3) is 2.20. The Hall–Kier alpha value is -1.56. The third-order valence-corrected chi connectivity index (χ3v) is 3.72. The molecule has 0 saturated heterocycles. The van der Waals surface area contributed by atoms with Crippen LogP contribution in [0.5, 0.6) is 0 Å². The summed E-state index contributed by atoms with van der Waals surface area (Å²) in [6.07, 6.45) is 0. The molecule has 0 spiro atoms. The molecule has 0 aliphatic heterocycles. The maximum Gasteiger partial charge on any atom is 0.345 e. The molecule has 96 valence electrons. The highest BCUT2D eigenvalue weighted by Crippen LogP contribution is 2.30. The molecule has 0 aliphatic carbocycles. The van der Waals surface area contributed by atoms with Gasteiger partial charge >= 0.3 is 5.63 Å². The van der Waals surface area contributed by atoms with Crippen LogP contribution in [0, 0.1) is 0 Å². The molecule has 2 aromatic heterocycles. The van der Waals surface area contributed by atoms with E-state index in [2.05, 4.69) is 4.98 Å². The Bertz CT molecular complexity index is 841. The lowest BCUT2D eigenvalue weighted by atomic mass is 10.1. The number of hydrogen-bond acceptors (Lipinski definition) is 5. The molecule has 2 heterocycles. The number of nitrogen functional groups attached to an aromatic ring is 1. The number of halogens is 2. The number of nitrogens with zero attached hydrogens (tertiary/aromatic N) is 1. The lowest BCUT2D eigenvalue weighted by Gasteiger charge is -2.02. The highest BCUT2D eigenvalue weighted by atomic mass is 35.5. The minimum Gasteiger partial charge on any atom is -0.421 e. The Morgan fingerprint density at radius 2 is 2.05 bits per heavy atom. The minimum absolute atomic E-state index is 0.295. The number of nitrogens with two attached hydrogens (primary N) is 1. The SMILES string of the molecule is Nc1nc(-c2cc3cc(Cl)cc(Cl)c3oc2=O)cs1. The van der Waals surface area contributed by atoms with Gasteiger partial charge in [0.1, 0.15) is 0 Å². The minimum atomic E-state index is -0.512. The van der Waals surface area contributed by atoms with Gasteiger partial charge in [0.25, 0.3) is 0 Å². The summed E-state index contributed by atoms with van der Waals surface area (Å²) in [5, 5.41) is 3.48. The molecule has 0 saturated carbocycles. The summed E-state index contributed by atoms with van der Waals surface area (Å²) in [4.78, 5) is 16.0. The summed E-state index contributed by atoms with van der Waals surface area (Å²) in [5.41, 5.74) is 6.17. The van der Waals surface area contributed by atoms with Crippen LogP contribution in [-0.4, -0.2) is 4.98 Å². The van der Waals surface area contributed by atoms with Gasteiger partial charge in [0.05, 0.1) is 16.3 Å². The van der Waals surface area contributed by atoms with Gasteiger partial charge < -0.3 is 10.2 Å². The Labute approximate surface area is 121 Å². The zero-order valence-electron chi connectivity index (χ0n) is 9.31. The molecule has 2 N–H and O–H groups in total. The van der Waals surface area contributed by atoms with E-state index in [0.29, 0.717) is 37.4 Å². The fraction of sp³-hybridized carbons (Fsp3) is 0. The molecule has 0 unspecified atom stereocenters. The molecule has 1 aromatic carbocycles. The zero-order valence-corrected chi connectivity index (χ0v) is 11.6. The van der Waals surface area contributed by atoms with Crippen LogP contribution in [-0.2, 0) is 0 Å². The molecule has 3 rings (SSSR count). The van der Waals surface area contributed by atoms with Crippen molar-refractivity contribution in [3.05, 3.63) is 44.0 Å². The van der Waals surface area contributed by atoms with Gasteiger partial charge in [0.2, 0.25) is 0 Å². The van der Waals surface area contributed by atoms with E-state index >= 15 is 0 Å². The Morgan fingerprint density at radius 1 is 1.26 bits per heavy atom. The van der Waals surface area contributed by atoms with Crippen LogP contribution in [0.4, 0.5) is 5.13 Å². The van der Waals surface area contributed by atoms with E-state index in [4.69, 9.17) is 33.4 Å². The third-order valence-electron chi connectivity index (χ3n) is 2.55. The maximum absolute atomic E-state index is 11.9. The maximum atomic E-state index is 11.9. The van der Waals surface area contributed by atoms with Crippen LogP contribution in [0.1, 0.15) is 0 Å².